The van der Waals surface area contributed by atoms with E-state index in [0.717, 1.165) is 105 Å². The average molecular weight is 1900 g/mol. The first kappa shape index (κ1) is 82.6. The topological polar surface area (TPSA) is 131 Å². The third kappa shape index (κ3) is 12.7. The molecule has 19 aromatic carbocycles. The van der Waals surface area contributed by atoms with Gasteiger partial charge >= 0.3 is 0 Å². The first-order valence-electron chi connectivity index (χ1n) is 48.9. The number of hydrogen-bond donors (Lipinski definition) is 0. The molecule has 12 heterocycles. The summed E-state index contributed by atoms with van der Waals surface area (Å²) < 4.78 is 14.5. The Balaban J connectivity index is 0.000000101. The minimum atomic E-state index is -0.120. The van der Waals surface area contributed by atoms with Gasteiger partial charge in [0.1, 0.15) is 0 Å². The summed E-state index contributed by atoms with van der Waals surface area (Å²) in [6, 6.07) is 149. The van der Waals surface area contributed by atoms with E-state index >= 15 is 0 Å². The number of benzene rings is 19. The Morgan fingerprint density at radius 1 is 0.207 bits per heavy atom. The van der Waals surface area contributed by atoms with Gasteiger partial charge in [0.25, 0.3) is 0 Å². The Kier molecular flexibility index (Phi) is 18.5. The highest BCUT2D eigenvalue weighted by atomic mass is 32.1. The van der Waals surface area contributed by atoms with E-state index in [1.807, 2.05) is 70.8 Å². The number of pyridine rings is 3. The van der Waals surface area contributed by atoms with Crippen LogP contribution in [0.4, 0.5) is 0 Å². The number of rotatable bonds is 8. The van der Waals surface area contributed by atoms with E-state index in [-0.39, 0.29) is 5.41 Å². The molecule has 676 valence electrons. The van der Waals surface area contributed by atoms with Crippen molar-refractivity contribution >= 4 is 236 Å². The van der Waals surface area contributed by atoms with E-state index in [9.17, 15) is 0 Å². The van der Waals surface area contributed by atoms with Crippen molar-refractivity contribution in [2.75, 3.05) is 0 Å². The van der Waals surface area contributed by atoms with Crippen molar-refractivity contribution in [3.8, 4) is 85.0 Å². The van der Waals surface area contributed by atoms with Crippen LogP contribution in [0.5, 0.6) is 0 Å². The zero-order valence-corrected chi connectivity index (χ0v) is 80.6. The molecule has 0 spiro atoms. The van der Waals surface area contributed by atoms with Gasteiger partial charge in [-0.25, -0.2) is 29.9 Å². The smallest absolute Gasteiger partial charge is 0.237 e. The van der Waals surface area contributed by atoms with E-state index in [4.69, 9.17) is 44.9 Å². The summed E-state index contributed by atoms with van der Waals surface area (Å²) in [4.78, 5) is 46.5. The largest absolute Gasteiger partial charge is 0.277 e. The van der Waals surface area contributed by atoms with Crippen molar-refractivity contribution in [1.29, 1.82) is 0 Å². The third-order valence-electron chi connectivity index (χ3n) is 29.7. The van der Waals surface area contributed by atoms with Crippen LogP contribution >= 0.6 is 34.0 Å². The summed E-state index contributed by atoms with van der Waals surface area (Å²) in [6.07, 6.45) is 5.46. The Labute approximate surface area is 840 Å². The van der Waals surface area contributed by atoms with Gasteiger partial charge in [-0.05, 0) is 175 Å². The number of fused-ring (bicyclic) bond motifs is 37. The Morgan fingerprint density at radius 2 is 0.524 bits per heavy atom. The van der Waals surface area contributed by atoms with Crippen LogP contribution in [-0.2, 0) is 5.41 Å². The fourth-order valence-electron chi connectivity index (χ4n) is 23.3. The molecule has 0 N–H and O–H groups in total. The Morgan fingerprint density at radius 3 is 0.952 bits per heavy atom. The summed E-state index contributed by atoms with van der Waals surface area (Å²) in [5.74, 6) is 1.85. The first-order valence-corrected chi connectivity index (χ1v) is 51.3. The van der Waals surface area contributed by atoms with Crippen LogP contribution in [0.25, 0.3) is 287 Å². The van der Waals surface area contributed by atoms with Crippen LogP contribution in [0.15, 0.2) is 437 Å². The van der Waals surface area contributed by atoms with Gasteiger partial charge in [-0.15, -0.1) is 34.0 Å². The molecule has 0 fully saturated rings. The molecule has 0 saturated heterocycles. The highest BCUT2D eigenvalue weighted by Gasteiger charge is 2.37. The minimum absolute atomic E-state index is 0.120. The number of nitrogens with zero attached hydrogens (tertiary/aromatic N) is 12. The van der Waals surface area contributed by atoms with Gasteiger partial charge in [0.2, 0.25) is 17.8 Å². The van der Waals surface area contributed by atoms with E-state index in [2.05, 4.69) is 428 Å². The second kappa shape index (κ2) is 32.4. The van der Waals surface area contributed by atoms with Crippen LogP contribution in [-0.4, -0.2) is 58.6 Å². The third-order valence-corrected chi connectivity index (χ3v) is 33.3. The molecule has 0 radical (unpaired) electrons. The van der Waals surface area contributed by atoms with Crippen LogP contribution in [0, 0.1) is 0 Å². The first-order chi connectivity index (χ1) is 71.7. The molecule has 0 atom stereocenters. The minimum Gasteiger partial charge on any atom is -0.277 e. The standard InChI is InChI=1S/C47H28N4S.C44H28N4S.C39H22N4S/c1-3-14-29(15-4-1)31-26-32(30-16-5-2-6-17-30)28-33(27-31)43-38-22-13-25-48-46(38)50-47(49-43)51-39-23-11-9-20-36(39)41-34-18-7-8-19-35(34)45-42(44(41)51)37-21-10-12-24-40(37)52-45;1-44(2)33-18-8-5-12-26(33)27-22-21-25(24-34(27)44)39-32-17-11-23-45-42(32)47-43(46-39)48-35-19-9-6-15-30(35)37-28-13-3-4-14-29(28)41-38(40(37)48)31-16-7-10-20-36(31)49-41;1-2-11-24-22-25(20-19-23(24)10-1)35-30-16-9-21-40-38(30)42-39(41-35)43-31-17-7-5-14-28(31)33-26-12-3-4-13-27(26)37-34(36(33)43)29-15-6-8-18-32(29)44-37/h1-28H;3-24H,1-2H3;1-22H. The van der Waals surface area contributed by atoms with Crippen molar-refractivity contribution in [3.05, 3.63) is 448 Å². The highest BCUT2D eigenvalue weighted by Crippen LogP contribution is 2.55. The predicted molar refractivity (Wildman–Crippen MR) is 608 cm³/mol. The van der Waals surface area contributed by atoms with Gasteiger partial charge in [-0.3, -0.25) is 13.7 Å². The molecule has 0 unspecified atom stereocenters. The van der Waals surface area contributed by atoms with Gasteiger partial charge in [-0.2, -0.15) is 15.0 Å². The lowest BCUT2D eigenvalue weighted by Crippen LogP contribution is -2.15. The molecule has 1 aliphatic carbocycles. The molecule has 12 aromatic heterocycles. The van der Waals surface area contributed by atoms with Crippen LogP contribution < -0.4 is 0 Å². The lowest BCUT2D eigenvalue weighted by Gasteiger charge is -2.22. The summed E-state index contributed by atoms with van der Waals surface area (Å²) in [5, 5.41) is 27.4. The van der Waals surface area contributed by atoms with E-state index in [1.54, 1.807) is 0 Å². The van der Waals surface area contributed by atoms with Gasteiger partial charge in [0.05, 0.1) is 50.2 Å². The molecule has 0 saturated carbocycles. The quantitative estimate of drug-likeness (QED) is 0.146. The maximum atomic E-state index is 5.55. The van der Waals surface area contributed by atoms with Crippen molar-refractivity contribution in [1.82, 2.24) is 58.6 Å². The summed E-state index contributed by atoms with van der Waals surface area (Å²) >= 11 is 5.57. The SMILES string of the molecule is CC1(C)c2ccccc2-c2ccc(-c3nc(-n4c5ccccc5c5c6ccccc6c6sc7ccccc7c6c54)nc4ncccc34)cc21.c1ccc(-c2cc(-c3ccccc3)cc(-c3nc(-n4c5ccccc5c5c6ccccc6c6sc7ccccc7c6c54)nc4ncccc34)c2)cc1.c1ccc2cc(-c3nc(-n4c5ccccc5c5c6ccccc6c6sc7ccccc7c6c54)nc4ncccc34)ccc2c1. The molecule has 32 rings (SSSR count). The fraction of sp³-hybridized carbons (Fsp3) is 0.0231. The number of hydrogen-bond acceptors (Lipinski definition) is 12. The Bertz CT molecular complexity index is 10900. The van der Waals surface area contributed by atoms with E-state index in [1.165, 1.54) is 158 Å². The molecule has 31 aromatic rings. The zero-order chi connectivity index (χ0) is 95.4. The highest BCUT2D eigenvalue weighted by molar-refractivity contribution is 7.28. The molecule has 15 heteroatoms. The second-order valence-corrected chi connectivity index (χ2v) is 41.2. The van der Waals surface area contributed by atoms with Gasteiger partial charge in [-0.1, -0.05) is 329 Å². The average Bonchev–Trinajstić information content (AvgIpc) is 1.54. The molecule has 0 amide bonds. The van der Waals surface area contributed by atoms with Crippen LogP contribution in [0.3, 0.4) is 0 Å². The second-order valence-electron chi connectivity index (χ2n) is 38.0. The molecular formula is C130H78N12S3. The summed E-state index contributed by atoms with van der Waals surface area (Å²) in [7, 11) is 0. The molecule has 1 aliphatic rings. The van der Waals surface area contributed by atoms with Gasteiger partial charge in [0, 0.05) is 166 Å². The maximum absolute atomic E-state index is 5.55. The number of para-hydroxylation sites is 3. The predicted octanol–water partition coefficient (Wildman–Crippen LogP) is 34.7. The maximum Gasteiger partial charge on any atom is 0.237 e. The summed E-state index contributed by atoms with van der Waals surface area (Å²) in [5.41, 5.74) is 24.1. The van der Waals surface area contributed by atoms with Crippen LogP contribution in [0.1, 0.15) is 25.0 Å². The van der Waals surface area contributed by atoms with Crippen molar-refractivity contribution in [2.24, 2.45) is 0 Å². The molecule has 0 bridgehead atoms. The molecule has 145 heavy (non-hydrogen) atoms. The van der Waals surface area contributed by atoms with Crippen molar-refractivity contribution in [2.45, 2.75) is 19.3 Å². The van der Waals surface area contributed by atoms with Crippen molar-refractivity contribution < 1.29 is 0 Å². The fourth-order valence-corrected chi connectivity index (χ4v) is 27.1. The van der Waals surface area contributed by atoms with Crippen molar-refractivity contribution in [3.63, 3.8) is 0 Å². The monoisotopic (exact) mass is 1900 g/mol. The Hall–Kier alpha value is -18.3. The molecule has 12 nitrogen and oxygen atoms in total. The molecular weight excluding hydrogens is 1830 g/mol. The normalized spacial score (nSPS) is 12.5. The van der Waals surface area contributed by atoms with E-state index < -0.39 is 0 Å². The lowest BCUT2D eigenvalue weighted by molar-refractivity contribution is 0.660. The van der Waals surface area contributed by atoms with Crippen LogP contribution in [0.2, 0.25) is 0 Å². The lowest BCUT2D eigenvalue weighted by atomic mass is 9.82. The summed E-state index contributed by atoms with van der Waals surface area (Å²) in [6.45, 7) is 4.65. The number of thiophene rings is 3. The molecule has 0 aliphatic heterocycles. The van der Waals surface area contributed by atoms with Gasteiger partial charge < -0.3 is 0 Å². The van der Waals surface area contributed by atoms with E-state index in [0.29, 0.717) is 34.8 Å². The zero-order valence-electron chi connectivity index (χ0n) is 78.2. The number of aromatic nitrogens is 12. The van der Waals surface area contributed by atoms with Gasteiger partial charge in [0.15, 0.2) is 16.9 Å².